The molecular formula is C25H31N3O6S. The average molecular weight is 502 g/mol. The normalized spacial score (nSPS) is 16.8. The molecule has 3 amide bonds. The molecule has 1 aromatic carbocycles. The summed E-state index contributed by atoms with van der Waals surface area (Å²) in [5.74, 6) is -0.271. The van der Waals surface area contributed by atoms with E-state index in [0.29, 0.717) is 43.1 Å². The maximum atomic E-state index is 13.5. The van der Waals surface area contributed by atoms with Gasteiger partial charge in [-0.15, -0.1) is 11.3 Å². The Kier molecular flexibility index (Phi) is 8.12. The number of carbonyl (C=O) groups is 3. The fourth-order valence-electron chi connectivity index (χ4n) is 4.48. The fraction of sp³-hybridized carbons (Fsp3) is 0.480. The van der Waals surface area contributed by atoms with Crippen LogP contribution in [0.2, 0.25) is 0 Å². The number of amides is 3. The predicted octanol–water partition coefficient (Wildman–Crippen LogP) is 4.00. The fourth-order valence-corrected chi connectivity index (χ4v) is 5.20. The van der Waals surface area contributed by atoms with Gasteiger partial charge in [0.05, 0.1) is 19.0 Å². The molecule has 9 nitrogen and oxygen atoms in total. The summed E-state index contributed by atoms with van der Waals surface area (Å²) in [4.78, 5) is 43.1. The number of thiophene rings is 1. The first kappa shape index (κ1) is 24.8. The van der Waals surface area contributed by atoms with Gasteiger partial charge < -0.3 is 29.7 Å². The monoisotopic (exact) mass is 501 g/mol. The smallest absolute Gasteiger partial charge is 0.321 e. The Morgan fingerprint density at radius 1 is 1.20 bits per heavy atom. The number of urea groups is 1. The van der Waals surface area contributed by atoms with Crippen molar-refractivity contribution in [2.75, 3.05) is 19.9 Å². The standard InChI is InChI=1S/C25H31N3O6S/c1-2-3-7-20(28-11-5-10-27(25(28)32)15-18-6-4-12-35-18)24(31)26-19(14-23(29)30)17-8-9-21-22(13-17)34-16-33-21/h4,6,8-9,12-13,19-20H,2-3,5,7,10-11,14-16H2,1H3,(H,26,31)(H,29,30)/t19-,20-/m1/s1. The number of hydrogen-bond donors (Lipinski definition) is 2. The number of carbonyl (C=O) groups excluding carboxylic acids is 2. The first-order chi connectivity index (χ1) is 17.0. The minimum atomic E-state index is -1.03. The molecule has 1 saturated heterocycles. The van der Waals surface area contributed by atoms with Crippen LogP contribution < -0.4 is 14.8 Å². The van der Waals surface area contributed by atoms with E-state index in [0.717, 1.165) is 24.1 Å². The maximum absolute atomic E-state index is 13.5. The van der Waals surface area contributed by atoms with Gasteiger partial charge in [0, 0.05) is 18.0 Å². The van der Waals surface area contributed by atoms with Gasteiger partial charge in [0.25, 0.3) is 0 Å². The van der Waals surface area contributed by atoms with Gasteiger partial charge in [-0.1, -0.05) is 31.9 Å². The van der Waals surface area contributed by atoms with E-state index in [-0.39, 0.29) is 25.2 Å². The predicted molar refractivity (Wildman–Crippen MR) is 130 cm³/mol. The third kappa shape index (κ3) is 6.05. The number of benzene rings is 1. The van der Waals surface area contributed by atoms with Crippen molar-refractivity contribution in [1.29, 1.82) is 0 Å². The lowest BCUT2D eigenvalue weighted by molar-refractivity contribution is -0.138. The summed E-state index contributed by atoms with van der Waals surface area (Å²) < 4.78 is 10.8. The molecule has 35 heavy (non-hydrogen) atoms. The number of unbranched alkanes of at least 4 members (excludes halogenated alkanes) is 1. The van der Waals surface area contributed by atoms with Crippen molar-refractivity contribution in [3.8, 4) is 11.5 Å². The van der Waals surface area contributed by atoms with Crippen molar-refractivity contribution in [3.63, 3.8) is 0 Å². The molecule has 2 aromatic rings. The summed E-state index contributed by atoms with van der Waals surface area (Å²) in [6.45, 7) is 3.81. The zero-order valence-corrected chi connectivity index (χ0v) is 20.6. The molecule has 0 aliphatic carbocycles. The van der Waals surface area contributed by atoms with Gasteiger partial charge in [0.15, 0.2) is 11.5 Å². The lowest BCUT2D eigenvalue weighted by Gasteiger charge is -2.40. The van der Waals surface area contributed by atoms with Crippen LogP contribution in [0.3, 0.4) is 0 Å². The van der Waals surface area contributed by atoms with Gasteiger partial charge in [0.1, 0.15) is 6.04 Å². The molecule has 0 spiro atoms. The van der Waals surface area contributed by atoms with E-state index in [9.17, 15) is 19.5 Å². The van der Waals surface area contributed by atoms with Crippen molar-refractivity contribution in [3.05, 3.63) is 46.2 Å². The maximum Gasteiger partial charge on any atom is 0.321 e. The molecule has 0 radical (unpaired) electrons. The third-order valence-electron chi connectivity index (χ3n) is 6.27. The van der Waals surface area contributed by atoms with E-state index < -0.39 is 18.1 Å². The Labute approximate surface area is 208 Å². The van der Waals surface area contributed by atoms with Crippen LogP contribution in [0.15, 0.2) is 35.7 Å². The van der Waals surface area contributed by atoms with E-state index >= 15 is 0 Å². The number of nitrogens with zero attached hydrogens (tertiary/aromatic N) is 2. The molecule has 2 aliphatic rings. The zero-order chi connectivity index (χ0) is 24.8. The van der Waals surface area contributed by atoms with Crippen molar-refractivity contribution in [2.24, 2.45) is 0 Å². The third-order valence-corrected chi connectivity index (χ3v) is 7.14. The van der Waals surface area contributed by atoms with E-state index in [1.54, 1.807) is 39.3 Å². The van der Waals surface area contributed by atoms with E-state index in [2.05, 4.69) is 5.32 Å². The van der Waals surface area contributed by atoms with Gasteiger partial charge >= 0.3 is 12.0 Å². The van der Waals surface area contributed by atoms with Crippen LogP contribution in [0.5, 0.6) is 11.5 Å². The van der Waals surface area contributed by atoms with Crippen LogP contribution >= 0.6 is 11.3 Å². The van der Waals surface area contributed by atoms with Crippen LogP contribution in [0.4, 0.5) is 4.79 Å². The molecule has 4 rings (SSSR count). The van der Waals surface area contributed by atoms with Crippen LogP contribution in [0.25, 0.3) is 0 Å². The van der Waals surface area contributed by atoms with Crippen LogP contribution in [-0.4, -0.2) is 58.7 Å². The number of ether oxygens (including phenoxy) is 2. The second kappa shape index (κ2) is 11.4. The van der Waals surface area contributed by atoms with E-state index in [4.69, 9.17) is 9.47 Å². The first-order valence-electron chi connectivity index (χ1n) is 12.0. The molecule has 0 unspecified atom stereocenters. The van der Waals surface area contributed by atoms with Crippen molar-refractivity contribution >= 4 is 29.2 Å². The highest BCUT2D eigenvalue weighted by Gasteiger charge is 2.36. The highest BCUT2D eigenvalue weighted by atomic mass is 32.1. The summed E-state index contributed by atoms with van der Waals surface area (Å²) in [5, 5.41) is 14.4. The highest BCUT2D eigenvalue weighted by molar-refractivity contribution is 7.09. The second-order valence-corrected chi connectivity index (χ2v) is 9.79. The van der Waals surface area contributed by atoms with Crippen LogP contribution in [0.1, 0.15) is 55.5 Å². The van der Waals surface area contributed by atoms with Crippen molar-refractivity contribution in [1.82, 2.24) is 15.1 Å². The molecule has 0 bridgehead atoms. The van der Waals surface area contributed by atoms with Gasteiger partial charge in [-0.05, 0) is 42.0 Å². The number of fused-ring (bicyclic) bond motifs is 1. The minimum absolute atomic E-state index is 0.104. The Hall–Kier alpha value is -3.27. The quantitative estimate of drug-likeness (QED) is 0.482. The Morgan fingerprint density at radius 3 is 2.77 bits per heavy atom. The summed E-state index contributed by atoms with van der Waals surface area (Å²) in [6.07, 6.45) is 2.66. The number of aliphatic carboxylic acids is 1. The number of hydrogen-bond acceptors (Lipinski definition) is 6. The number of rotatable bonds is 11. The van der Waals surface area contributed by atoms with Gasteiger partial charge in [-0.2, -0.15) is 0 Å². The lowest BCUT2D eigenvalue weighted by Crippen LogP contribution is -2.57. The van der Waals surface area contributed by atoms with Crippen molar-refractivity contribution in [2.45, 2.75) is 57.7 Å². The SMILES string of the molecule is CCCC[C@H](C(=O)N[C@H](CC(=O)O)c1ccc2c(c1)OCO2)N1CCCN(Cc2cccs2)C1=O. The van der Waals surface area contributed by atoms with Crippen LogP contribution in [0, 0.1) is 0 Å². The zero-order valence-electron chi connectivity index (χ0n) is 19.8. The Balaban J connectivity index is 1.52. The molecule has 188 valence electrons. The summed E-state index contributed by atoms with van der Waals surface area (Å²) in [7, 11) is 0. The van der Waals surface area contributed by atoms with E-state index in [1.165, 1.54) is 0 Å². The topological polar surface area (TPSA) is 108 Å². The largest absolute Gasteiger partial charge is 0.481 e. The number of carboxylic acid groups (broad SMARTS) is 1. The lowest BCUT2D eigenvalue weighted by atomic mass is 10.0. The van der Waals surface area contributed by atoms with Gasteiger partial charge in [-0.25, -0.2) is 4.79 Å². The summed E-state index contributed by atoms with van der Waals surface area (Å²) >= 11 is 1.60. The molecule has 0 saturated carbocycles. The number of carboxylic acids is 1. The van der Waals surface area contributed by atoms with Gasteiger partial charge in [0.2, 0.25) is 12.7 Å². The van der Waals surface area contributed by atoms with Crippen molar-refractivity contribution < 1.29 is 29.0 Å². The average Bonchev–Trinajstić information content (AvgIpc) is 3.52. The second-order valence-electron chi connectivity index (χ2n) is 8.76. The molecular weight excluding hydrogens is 470 g/mol. The van der Waals surface area contributed by atoms with E-state index in [1.807, 2.05) is 24.4 Å². The molecule has 2 aliphatic heterocycles. The first-order valence-corrected chi connectivity index (χ1v) is 12.8. The molecule has 1 fully saturated rings. The summed E-state index contributed by atoms with van der Waals surface area (Å²) in [5.41, 5.74) is 0.614. The molecule has 3 heterocycles. The minimum Gasteiger partial charge on any atom is -0.481 e. The summed E-state index contributed by atoms with van der Waals surface area (Å²) in [6, 6.07) is 7.52. The Morgan fingerprint density at radius 2 is 2.03 bits per heavy atom. The highest BCUT2D eigenvalue weighted by Crippen LogP contribution is 2.35. The molecule has 1 aromatic heterocycles. The molecule has 2 atom stereocenters. The number of nitrogens with one attached hydrogen (secondary N) is 1. The Bertz CT molecular complexity index is 1040. The molecule has 2 N–H and O–H groups in total. The van der Waals surface area contributed by atoms with Crippen LogP contribution in [-0.2, 0) is 16.1 Å². The molecule has 10 heteroatoms. The van der Waals surface area contributed by atoms with Gasteiger partial charge in [-0.3, -0.25) is 9.59 Å².